The Labute approximate surface area is 168 Å². The van der Waals surface area contributed by atoms with Crippen LogP contribution in [0.1, 0.15) is 35.3 Å². The fourth-order valence-corrected chi connectivity index (χ4v) is 3.17. The van der Waals surface area contributed by atoms with Crippen LogP contribution in [0.5, 0.6) is 0 Å². The number of rotatable bonds is 6. The van der Waals surface area contributed by atoms with E-state index in [2.05, 4.69) is 10.3 Å². The Morgan fingerprint density at radius 3 is 2.43 bits per heavy atom. The van der Waals surface area contributed by atoms with Crippen LogP contribution in [0, 0.1) is 0 Å². The number of fused-ring (bicyclic) bond motifs is 1. The summed E-state index contributed by atoms with van der Waals surface area (Å²) < 4.78 is 5.18. The number of hydrogen-bond donors (Lipinski definition) is 1. The van der Waals surface area contributed by atoms with E-state index in [-0.39, 0.29) is 12.5 Å². The lowest BCUT2D eigenvalue weighted by molar-refractivity contribution is -0.119. The van der Waals surface area contributed by atoms with E-state index in [9.17, 15) is 9.59 Å². The van der Waals surface area contributed by atoms with Crippen LogP contribution in [0.25, 0.3) is 10.9 Å². The number of hydrogen-bond acceptors (Lipinski definition) is 4. The van der Waals surface area contributed by atoms with E-state index in [0.717, 1.165) is 35.0 Å². The zero-order valence-electron chi connectivity index (χ0n) is 15.8. The minimum atomic E-state index is -0.563. The number of nitrogens with zero attached hydrogens (tertiary/aromatic N) is 1. The number of halogens is 1. The first-order valence-corrected chi connectivity index (χ1v) is 9.53. The summed E-state index contributed by atoms with van der Waals surface area (Å²) in [4.78, 5) is 28.8. The molecule has 1 heterocycles. The largest absolute Gasteiger partial charge is 0.452 e. The van der Waals surface area contributed by atoms with Crippen molar-refractivity contribution in [3.8, 4) is 0 Å². The highest BCUT2D eigenvalue weighted by molar-refractivity contribution is 6.29. The quantitative estimate of drug-likeness (QED) is 0.479. The van der Waals surface area contributed by atoms with Crippen molar-refractivity contribution in [1.29, 1.82) is 0 Å². The number of aromatic nitrogens is 1. The van der Waals surface area contributed by atoms with Gasteiger partial charge in [0.05, 0.1) is 11.1 Å². The molecule has 1 amide bonds. The molecule has 1 aromatic heterocycles. The van der Waals surface area contributed by atoms with Gasteiger partial charge in [-0.3, -0.25) is 4.79 Å². The van der Waals surface area contributed by atoms with Crippen molar-refractivity contribution in [2.24, 2.45) is 0 Å². The summed E-state index contributed by atoms with van der Waals surface area (Å²) in [6.45, 7) is 3.72. The van der Waals surface area contributed by atoms with Crippen LogP contribution in [-0.2, 0) is 22.4 Å². The van der Waals surface area contributed by atoms with Crippen LogP contribution in [0.2, 0.25) is 5.15 Å². The van der Waals surface area contributed by atoms with E-state index in [1.54, 1.807) is 30.3 Å². The first kappa shape index (κ1) is 19.8. The van der Waals surface area contributed by atoms with Gasteiger partial charge in [-0.05, 0) is 54.3 Å². The molecule has 2 aromatic carbocycles. The van der Waals surface area contributed by atoms with Crippen molar-refractivity contribution in [2.75, 3.05) is 11.9 Å². The molecule has 0 atom stereocenters. The van der Waals surface area contributed by atoms with Crippen LogP contribution < -0.4 is 5.32 Å². The Morgan fingerprint density at radius 2 is 1.75 bits per heavy atom. The van der Waals surface area contributed by atoms with Gasteiger partial charge in [0.1, 0.15) is 5.15 Å². The number of anilines is 1. The molecule has 0 spiro atoms. The second-order valence-corrected chi connectivity index (χ2v) is 6.71. The average Bonchev–Trinajstić information content (AvgIpc) is 2.71. The minimum Gasteiger partial charge on any atom is -0.452 e. The molecule has 0 aliphatic carbocycles. The summed E-state index contributed by atoms with van der Waals surface area (Å²) in [5.41, 5.74) is 3.96. The Hall–Kier alpha value is -2.92. The predicted octanol–water partition coefficient (Wildman–Crippen LogP) is 4.81. The van der Waals surface area contributed by atoms with Crippen LogP contribution in [0.4, 0.5) is 5.69 Å². The van der Waals surface area contributed by atoms with Crippen molar-refractivity contribution in [3.05, 3.63) is 70.4 Å². The van der Waals surface area contributed by atoms with E-state index >= 15 is 0 Å². The van der Waals surface area contributed by atoms with E-state index in [4.69, 9.17) is 16.3 Å². The molecular weight excluding hydrogens is 376 g/mol. The van der Waals surface area contributed by atoms with E-state index in [1.165, 1.54) is 0 Å². The van der Waals surface area contributed by atoms with E-state index in [0.29, 0.717) is 16.2 Å². The lowest BCUT2D eigenvalue weighted by Gasteiger charge is -2.14. The van der Waals surface area contributed by atoms with Gasteiger partial charge in [0, 0.05) is 11.1 Å². The van der Waals surface area contributed by atoms with Crippen molar-refractivity contribution >= 4 is 40.1 Å². The van der Waals surface area contributed by atoms with Gasteiger partial charge in [0.25, 0.3) is 5.91 Å². The first-order chi connectivity index (χ1) is 13.5. The molecule has 0 aliphatic rings. The maximum Gasteiger partial charge on any atom is 0.338 e. The van der Waals surface area contributed by atoms with Crippen LogP contribution in [0.3, 0.4) is 0 Å². The maximum absolute atomic E-state index is 12.3. The van der Waals surface area contributed by atoms with Gasteiger partial charge in [-0.2, -0.15) is 0 Å². The third-order valence-corrected chi connectivity index (χ3v) is 4.70. The number of para-hydroxylation sites is 1. The number of esters is 1. The smallest absolute Gasteiger partial charge is 0.338 e. The molecule has 144 valence electrons. The Kier molecular flexibility index (Phi) is 6.26. The van der Waals surface area contributed by atoms with Crippen LogP contribution >= 0.6 is 11.6 Å². The summed E-state index contributed by atoms with van der Waals surface area (Å²) in [6, 6.07) is 14.4. The number of benzene rings is 2. The van der Waals surface area contributed by atoms with Crippen molar-refractivity contribution in [3.63, 3.8) is 0 Å². The molecule has 0 saturated carbocycles. The maximum atomic E-state index is 12.3. The third-order valence-electron chi connectivity index (χ3n) is 4.49. The Balaban J connectivity index is 1.66. The topological polar surface area (TPSA) is 68.3 Å². The number of amides is 1. The second-order valence-electron chi connectivity index (χ2n) is 6.32. The molecule has 6 heteroatoms. The summed E-state index contributed by atoms with van der Waals surface area (Å²) in [6.07, 6.45) is 1.61. The zero-order chi connectivity index (χ0) is 20.1. The van der Waals surface area contributed by atoms with Gasteiger partial charge >= 0.3 is 5.97 Å². The van der Waals surface area contributed by atoms with Crippen LogP contribution in [-0.4, -0.2) is 23.5 Å². The van der Waals surface area contributed by atoms with Crippen molar-refractivity contribution in [1.82, 2.24) is 4.98 Å². The molecule has 3 rings (SSSR count). The standard InChI is InChI=1S/C22H21ClN2O3/c1-3-14-6-5-7-15(4-2)21(14)25-20(26)13-28-22(27)17-8-10-18-16(12-17)9-11-19(23)24-18/h5-12H,3-4,13H2,1-2H3,(H,25,26). The first-order valence-electron chi connectivity index (χ1n) is 9.15. The highest BCUT2D eigenvalue weighted by atomic mass is 35.5. The van der Waals surface area contributed by atoms with Gasteiger partial charge in [-0.1, -0.05) is 43.6 Å². The third kappa shape index (κ3) is 4.49. The Morgan fingerprint density at radius 1 is 1.04 bits per heavy atom. The number of pyridine rings is 1. The number of aryl methyl sites for hydroxylation is 2. The molecule has 1 N–H and O–H groups in total. The summed E-state index contributed by atoms with van der Waals surface area (Å²) in [5, 5.41) is 4.04. The molecule has 0 aliphatic heterocycles. The second kappa shape index (κ2) is 8.85. The molecule has 0 fully saturated rings. The molecule has 0 saturated heterocycles. The monoisotopic (exact) mass is 396 g/mol. The van der Waals surface area contributed by atoms with Crippen molar-refractivity contribution in [2.45, 2.75) is 26.7 Å². The molecule has 3 aromatic rings. The fourth-order valence-electron chi connectivity index (χ4n) is 3.02. The minimum absolute atomic E-state index is 0.350. The van der Waals surface area contributed by atoms with Crippen LogP contribution in [0.15, 0.2) is 48.5 Å². The predicted molar refractivity (Wildman–Crippen MR) is 111 cm³/mol. The summed E-state index contributed by atoms with van der Waals surface area (Å²) in [5.74, 6) is -0.926. The molecule has 5 nitrogen and oxygen atoms in total. The molecule has 0 bridgehead atoms. The van der Waals surface area contributed by atoms with Gasteiger partial charge in [-0.25, -0.2) is 9.78 Å². The normalized spacial score (nSPS) is 10.7. The number of carbonyl (C=O) groups excluding carboxylic acids is 2. The molecule has 28 heavy (non-hydrogen) atoms. The lowest BCUT2D eigenvalue weighted by Crippen LogP contribution is -2.22. The van der Waals surface area contributed by atoms with Gasteiger partial charge in [0.15, 0.2) is 6.61 Å². The fraction of sp³-hybridized carbons (Fsp3) is 0.227. The summed E-state index contributed by atoms with van der Waals surface area (Å²) >= 11 is 5.87. The SMILES string of the molecule is CCc1cccc(CC)c1NC(=O)COC(=O)c1ccc2nc(Cl)ccc2c1. The number of carbonyl (C=O) groups is 2. The van der Waals surface area contributed by atoms with E-state index < -0.39 is 5.97 Å². The zero-order valence-corrected chi connectivity index (χ0v) is 16.5. The van der Waals surface area contributed by atoms with Gasteiger partial charge in [0.2, 0.25) is 0 Å². The molecular formula is C22H21ClN2O3. The number of ether oxygens (including phenoxy) is 1. The molecule has 0 radical (unpaired) electrons. The lowest BCUT2D eigenvalue weighted by atomic mass is 10.0. The Bertz CT molecular complexity index is 1010. The number of nitrogens with one attached hydrogen (secondary N) is 1. The average molecular weight is 397 g/mol. The van der Waals surface area contributed by atoms with Gasteiger partial charge in [-0.15, -0.1) is 0 Å². The highest BCUT2D eigenvalue weighted by Gasteiger charge is 2.14. The van der Waals surface area contributed by atoms with E-state index in [1.807, 2.05) is 32.0 Å². The van der Waals surface area contributed by atoms with Gasteiger partial charge < -0.3 is 10.1 Å². The highest BCUT2D eigenvalue weighted by Crippen LogP contribution is 2.22. The summed E-state index contributed by atoms with van der Waals surface area (Å²) in [7, 11) is 0. The van der Waals surface area contributed by atoms with Crippen molar-refractivity contribution < 1.29 is 14.3 Å². The molecule has 0 unspecified atom stereocenters.